The second-order valence-corrected chi connectivity index (χ2v) is 4.56. The molecule has 0 aliphatic heterocycles. The Morgan fingerprint density at radius 3 is 1.88 bits per heavy atom. The number of nitrogens with zero attached hydrogens (tertiary/aromatic N) is 3. The number of benzene rings is 1. The summed E-state index contributed by atoms with van der Waals surface area (Å²) < 4.78 is 21.1. The Hall–Kier alpha value is -2.36. The van der Waals surface area contributed by atoms with Gasteiger partial charge in [0.05, 0.1) is 39.6 Å². The first-order valence-electron chi connectivity index (χ1n) is 7.58. The number of carbonyl (C=O) groups is 1. The van der Waals surface area contributed by atoms with Crippen LogP contribution in [-0.2, 0) is 9.47 Å². The lowest BCUT2D eigenvalue weighted by Gasteiger charge is -2.11. The highest BCUT2D eigenvalue weighted by Gasteiger charge is 2.09. The number of aliphatic hydroxyl groups excluding tert-OH is 2. The van der Waals surface area contributed by atoms with Gasteiger partial charge in [-0.15, -0.1) is 0 Å². The van der Waals surface area contributed by atoms with Crippen LogP contribution in [0.4, 0.5) is 0 Å². The number of hydrogen-bond acceptors (Lipinski definition) is 7. The van der Waals surface area contributed by atoms with Gasteiger partial charge in [0.1, 0.15) is 24.7 Å². The molecule has 0 saturated heterocycles. The molecule has 0 saturated carbocycles. The number of carbonyl (C=O) groups excluding carboxylic acids is 1. The first-order valence-corrected chi connectivity index (χ1v) is 7.58. The van der Waals surface area contributed by atoms with Crippen LogP contribution in [0.25, 0.3) is 10.4 Å². The summed E-state index contributed by atoms with van der Waals surface area (Å²) in [6.45, 7) is 1.21. The molecular formula is C15H21N3O7. The summed E-state index contributed by atoms with van der Waals surface area (Å²) in [6.07, 6.45) is 0. The molecule has 1 aromatic rings. The Labute approximate surface area is 144 Å². The van der Waals surface area contributed by atoms with Crippen molar-refractivity contribution in [3.05, 3.63) is 34.2 Å². The van der Waals surface area contributed by atoms with Crippen LogP contribution >= 0.6 is 0 Å². The quantitative estimate of drug-likeness (QED) is 0.232. The Morgan fingerprint density at radius 1 is 0.920 bits per heavy atom. The molecule has 10 heteroatoms. The van der Waals surface area contributed by atoms with Crippen molar-refractivity contribution in [3.8, 4) is 11.5 Å². The summed E-state index contributed by atoms with van der Waals surface area (Å²) >= 11 is 0. The molecule has 138 valence electrons. The van der Waals surface area contributed by atoms with Crippen molar-refractivity contribution >= 4 is 5.91 Å². The fraction of sp³-hybridized carbons (Fsp3) is 0.533. The summed E-state index contributed by atoms with van der Waals surface area (Å²) in [4.78, 5) is 14.2. The monoisotopic (exact) mass is 355 g/mol. The van der Waals surface area contributed by atoms with Crippen LogP contribution in [0.5, 0.6) is 11.5 Å². The first kappa shape index (κ1) is 20.7. The summed E-state index contributed by atoms with van der Waals surface area (Å²) in [5.41, 5.74) is 8.51. The molecule has 0 spiro atoms. The Morgan fingerprint density at radius 2 is 1.44 bits per heavy atom. The SMILES string of the molecule is [N-]=[N+]=NC(=O)c1cc(OCCOCCO)cc(OCCOCCO)c1. The largest absolute Gasteiger partial charge is 0.491 e. The van der Waals surface area contributed by atoms with Gasteiger partial charge in [-0.1, -0.05) is 0 Å². The lowest BCUT2D eigenvalue weighted by molar-refractivity contribution is 0.0688. The zero-order valence-corrected chi connectivity index (χ0v) is 13.7. The van der Waals surface area contributed by atoms with Gasteiger partial charge in [0.15, 0.2) is 0 Å². The summed E-state index contributed by atoms with van der Waals surface area (Å²) in [6, 6.07) is 4.43. The Bertz CT molecular complexity index is 544. The van der Waals surface area contributed by atoms with Gasteiger partial charge in [-0.2, -0.15) is 0 Å². The highest BCUT2D eigenvalue weighted by Crippen LogP contribution is 2.24. The van der Waals surface area contributed by atoms with Gasteiger partial charge >= 0.3 is 0 Å². The van der Waals surface area contributed by atoms with E-state index >= 15 is 0 Å². The van der Waals surface area contributed by atoms with Crippen molar-refractivity contribution in [2.24, 2.45) is 5.11 Å². The van der Waals surface area contributed by atoms with Crippen molar-refractivity contribution in [2.75, 3.05) is 52.9 Å². The normalized spacial score (nSPS) is 10.2. The van der Waals surface area contributed by atoms with Gasteiger partial charge in [-0.25, -0.2) is 0 Å². The maximum absolute atomic E-state index is 11.7. The molecule has 25 heavy (non-hydrogen) atoms. The predicted molar refractivity (Wildman–Crippen MR) is 86.7 cm³/mol. The third kappa shape index (κ3) is 8.89. The zero-order chi connectivity index (χ0) is 18.3. The van der Waals surface area contributed by atoms with Crippen LogP contribution < -0.4 is 9.47 Å². The van der Waals surface area contributed by atoms with E-state index in [0.717, 1.165) is 0 Å². The third-order valence-corrected chi connectivity index (χ3v) is 2.73. The fourth-order valence-electron chi connectivity index (χ4n) is 1.73. The number of azide groups is 1. The van der Waals surface area contributed by atoms with E-state index in [1.807, 2.05) is 0 Å². The average molecular weight is 355 g/mol. The van der Waals surface area contributed by atoms with E-state index in [4.69, 9.17) is 34.7 Å². The minimum Gasteiger partial charge on any atom is -0.491 e. The molecule has 0 unspecified atom stereocenters. The molecule has 0 aliphatic carbocycles. The molecule has 0 aliphatic rings. The molecule has 2 N–H and O–H groups in total. The topological polar surface area (TPSA) is 143 Å². The van der Waals surface area contributed by atoms with Crippen LogP contribution in [0.2, 0.25) is 0 Å². The average Bonchev–Trinajstić information content (AvgIpc) is 2.61. The van der Waals surface area contributed by atoms with Gasteiger partial charge in [0.2, 0.25) is 5.91 Å². The van der Waals surface area contributed by atoms with Gasteiger partial charge in [-0.3, -0.25) is 4.79 Å². The molecule has 0 bridgehead atoms. The van der Waals surface area contributed by atoms with Gasteiger partial charge < -0.3 is 29.2 Å². The Balaban J connectivity index is 2.69. The number of aliphatic hydroxyl groups is 2. The minimum atomic E-state index is -0.758. The second-order valence-electron chi connectivity index (χ2n) is 4.56. The number of hydrogen-bond donors (Lipinski definition) is 2. The fourth-order valence-corrected chi connectivity index (χ4v) is 1.73. The zero-order valence-electron chi connectivity index (χ0n) is 13.7. The first-order chi connectivity index (χ1) is 12.2. The molecule has 1 aromatic carbocycles. The van der Waals surface area contributed by atoms with Crippen LogP contribution in [0.1, 0.15) is 10.4 Å². The minimum absolute atomic E-state index is 0.0769. The second kappa shape index (κ2) is 13.0. The van der Waals surface area contributed by atoms with Crippen LogP contribution in [0.15, 0.2) is 23.3 Å². The molecule has 0 atom stereocenters. The van der Waals surface area contributed by atoms with E-state index in [9.17, 15) is 4.79 Å². The number of amides is 1. The standard InChI is InChI=1S/C15H21N3O7/c16-18-17-15(21)12-9-13(24-7-5-22-3-1-19)11-14(10-12)25-8-6-23-4-2-20/h9-11,19-20H,1-8H2. The molecular weight excluding hydrogens is 334 g/mol. The summed E-state index contributed by atoms with van der Waals surface area (Å²) in [7, 11) is 0. The molecule has 1 rings (SSSR count). The highest BCUT2D eigenvalue weighted by atomic mass is 16.5. The molecule has 0 aromatic heterocycles. The van der Waals surface area contributed by atoms with Gasteiger partial charge in [0.25, 0.3) is 0 Å². The summed E-state index contributed by atoms with van der Waals surface area (Å²) in [5.74, 6) is -0.0680. The van der Waals surface area contributed by atoms with E-state index in [-0.39, 0.29) is 58.4 Å². The van der Waals surface area contributed by atoms with E-state index in [1.54, 1.807) is 6.07 Å². The third-order valence-electron chi connectivity index (χ3n) is 2.73. The predicted octanol–water partition coefficient (Wildman–Crippen LogP) is 0.912. The van der Waals surface area contributed by atoms with Crippen LogP contribution in [-0.4, -0.2) is 69.0 Å². The Kier molecular flexibility index (Phi) is 10.7. The van der Waals surface area contributed by atoms with Gasteiger partial charge in [0, 0.05) is 16.5 Å². The highest BCUT2D eigenvalue weighted by molar-refractivity contribution is 5.95. The van der Waals surface area contributed by atoms with E-state index in [0.29, 0.717) is 11.5 Å². The molecule has 0 heterocycles. The van der Waals surface area contributed by atoms with Crippen LogP contribution in [0, 0.1) is 0 Å². The molecule has 0 fully saturated rings. The maximum atomic E-state index is 11.7. The van der Waals surface area contributed by atoms with E-state index < -0.39 is 5.91 Å². The van der Waals surface area contributed by atoms with Crippen molar-refractivity contribution < 1.29 is 34.0 Å². The number of ether oxygens (including phenoxy) is 4. The van der Waals surface area contributed by atoms with Crippen molar-refractivity contribution in [3.63, 3.8) is 0 Å². The maximum Gasteiger partial charge on any atom is 0.249 e. The number of rotatable bonds is 13. The van der Waals surface area contributed by atoms with Crippen LogP contribution in [0.3, 0.4) is 0 Å². The van der Waals surface area contributed by atoms with Crippen molar-refractivity contribution in [1.82, 2.24) is 0 Å². The molecule has 10 nitrogen and oxygen atoms in total. The lowest BCUT2D eigenvalue weighted by atomic mass is 10.2. The molecule has 0 radical (unpaired) electrons. The van der Waals surface area contributed by atoms with Gasteiger partial charge in [-0.05, 0) is 22.8 Å². The summed E-state index contributed by atoms with van der Waals surface area (Å²) in [5, 5.41) is 20.3. The molecule has 1 amide bonds. The van der Waals surface area contributed by atoms with Crippen molar-refractivity contribution in [1.29, 1.82) is 0 Å². The van der Waals surface area contributed by atoms with E-state index in [1.165, 1.54) is 12.1 Å². The smallest absolute Gasteiger partial charge is 0.249 e. The lowest BCUT2D eigenvalue weighted by Crippen LogP contribution is -2.11. The van der Waals surface area contributed by atoms with E-state index in [2.05, 4.69) is 10.0 Å². The van der Waals surface area contributed by atoms with Crippen molar-refractivity contribution in [2.45, 2.75) is 0 Å².